The lowest BCUT2D eigenvalue weighted by molar-refractivity contribution is 1.23. The van der Waals surface area contributed by atoms with Gasteiger partial charge in [0.1, 0.15) is 5.01 Å². The second-order valence-corrected chi connectivity index (χ2v) is 4.78. The minimum Gasteiger partial charge on any atom is -0.396 e. The third-order valence-corrected chi connectivity index (χ3v) is 3.61. The molecule has 0 fully saturated rings. The highest BCUT2D eigenvalue weighted by molar-refractivity contribution is 7.15. The molecule has 78 valence electrons. The second-order valence-electron chi connectivity index (χ2n) is 3.22. The Bertz CT molecular complexity index is 488. The van der Waals surface area contributed by atoms with Crippen LogP contribution in [0.3, 0.4) is 0 Å². The van der Waals surface area contributed by atoms with Gasteiger partial charge in [0.2, 0.25) is 0 Å². The molecule has 0 atom stereocenters. The van der Waals surface area contributed by atoms with Crippen LogP contribution in [0.4, 0.5) is 5.69 Å². The van der Waals surface area contributed by atoms with E-state index in [0.29, 0.717) is 10.8 Å². The Morgan fingerprint density at radius 1 is 1.40 bits per heavy atom. The van der Waals surface area contributed by atoms with E-state index in [9.17, 15) is 0 Å². The normalized spacial score (nSPS) is 10.6. The van der Waals surface area contributed by atoms with Crippen molar-refractivity contribution in [3.8, 4) is 10.6 Å². The summed E-state index contributed by atoms with van der Waals surface area (Å²) in [4.78, 5) is 9.54. The Morgan fingerprint density at radius 2 is 2.13 bits per heavy atom. The van der Waals surface area contributed by atoms with Gasteiger partial charge in [0.25, 0.3) is 0 Å². The summed E-state index contributed by atoms with van der Waals surface area (Å²) < 4.78 is 0. The van der Waals surface area contributed by atoms with Crippen LogP contribution < -0.4 is 5.73 Å². The molecular formula is C10H10ClN3S. The monoisotopic (exact) mass is 239 g/mol. The largest absolute Gasteiger partial charge is 0.396 e. The molecule has 15 heavy (non-hydrogen) atoms. The average molecular weight is 240 g/mol. The number of pyridine rings is 1. The molecule has 2 heterocycles. The smallest absolute Gasteiger partial charge is 0.152 e. The Labute approximate surface area is 96.9 Å². The van der Waals surface area contributed by atoms with Crippen molar-refractivity contribution >= 4 is 28.6 Å². The number of hydrogen-bond acceptors (Lipinski definition) is 4. The molecule has 2 aromatic heterocycles. The molecule has 0 aliphatic rings. The van der Waals surface area contributed by atoms with E-state index in [1.807, 2.05) is 19.9 Å². The van der Waals surface area contributed by atoms with Gasteiger partial charge >= 0.3 is 0 Å². The van der Waals surface area contributed by atoms with Crippen molar-refractivity contribution in [2.24, 2.45) is 0 Å². The van der Waals surface area contributed by atoms with Crippen molar-refractivity contribution in [3.63, 3.8) is 0 Å². The topological polar surface area (TPSA) is 51.8 Å². The summed E-state index contributed by atoms with van der Waals surface area (Å²) in [5.41, 5.74) is 8.23. The van der Waals surface area contributed by atoms with E-state index >= 15 is 0 Å². The molecule has 0 saturated carbocycles. The Kier molecular flexibility index (Phi) is 2.63. The van der Waals surface area contributed by atoms with Crippen LogP contribution in [0.1, 0.15) is 10.6 Å². The highest BCUT2D eigenvalue weighted by Gasteiger charge is 2.11. The highest BCUT2D eigenvalue weighted by atomic mass is 35.5. The van der Waals surface area contributed by atoms with Gasteiger partial charge in [-0.05, 0) is 19.9 Å². The maximum Gasteiger partial charge on any atom is 0.152 e. The molecule has 0 saturated heterocycles. The number of nitrogens with zero attached hydrogens (tertiary/aromatic N) is 2. The summed E-state index contributed by atoms with van der Waals surface area (Å²) >= 11 is 7.46. The molecule has 2 N–H and O–H groups in total. The quantitative estimate of drug-likeness (QED) is 0.779. The van der Waals surface area contributed by atoms with Gasteiger partial charge in [-0.2, -0.15) is 0 Å². The number of aromatic nitrogens is 2. The van der Waals surface area contributed by atoms with Gasteiger partial charge in [0, 0.05) is 16.6 Å². The number of aryl methyl sites for hydroxylation is 2. The van der Waals surface area contributed by atoms with Gasteiger partial charge < -0.3 is 5.73 Å². The number of thiazole rings is 1. The van der Waals surface area contributed by atoms with Crippen molar-refractivity contribution in [3.05, 3.63) is 28.0 Å². The Balaban J connectivity index is 2.59. The summed E-state index contributed by atoms with van der Waals surface area (Å²) in [6.07, 6.45) is 1.64. The minimum absolute atomic E-state index is 0.331. The fraction of sp³-hybridized carbons (Fsp3) is 0.200. The van der Waals surface area contributed by atoms with Gasteiger partial charge in [-0.25, -0.2) is 9.97 Å². The lowest BCUT2D eigenvalue weighted by atomic mass is 10.2. The van der Waals surface area contributed by atoms with Crippen molar-refractivity contribution in [2.45, 2.75) is 13.8 Å². The lowest BCUT2D eigenvalue weighted by Crippen LogP contribution is -1.92. The zero-order valence-electron chi connectivity index (χ0n) is 8.41. The summed E-state index contributed by atoms with van der Waals surface area (Å²) in [6, 6.07) is 1.83. The van der Waals surface area contributed by atoms with E-state index in [-0.39, 0.29) is 0 Å². The molecule has 0 aromatic carbocycles. The fourth-order valence-corrected chi connectivity index (χ4v) is 2.33. The minimum atomic E-state index is 0.331. The number of halogens is 1. The predicted octanol–water partition coefficient (Wildman–Crippen LogP) is 3.06. The number of rotatable bonds is 1. The maximum atomic E-state index is 5.85. The first-order chi connectivity index (χ1) is 7.09. The third-order valence-electron chi connectivity index (χ3n) is 2.20. The first-order valence-electron chi connectivity index (χ1n) is 4.44. The van der Waals surface area contributed by atoms with Crippen molar-refractivity contribution in [1.82, 2.24) is 9.97 Å². The molecule has 5 heteroatoms. The molecule has 0 radical (unpaired) electrons. The molecule has 0 aliphatic heterocycles. The van der Waals surface area contributed by atoms with Gasteiger partial charge in [-0.15, -0.1) is 11.3 Å². The standard InChI is InChI=1S/C10H10ClN3S/c1-5-6(2)15-10(14-5)7-3-4-13-9(11)8(7)12/h3-4H,12H2,1-2H3. The molecule has 0 bridgehead atoms. The summed E-state index contributed by atoms with van der Waals surface area (Å²) in [7, 11) is 0. The van der Waals surface area contributed by atoms with E-state index in [0.717, 1.165) is 16.3 Å². The zero-order chi connectivity index (χ0) is 11.0. The Hall–Kier alpha value is -1.13. The summed E-state index contributed by atoms with van der Waals surface area (Å²) in [5.74, 6) is 0. The summed E-state index contributed by atoms with van der Waals surface area (Å²) in [5, 5.41) is 1.23. The molecule has 0 spiro atoms. The first-order valence-corrected chi connectivity index (χ1v) is 5.63. The van der Waals surface area contributed by atoms with Crippen molar-refractivity contribution in [1.29, 1.82) is 0 Å². The van der Waals surface area contributed by atoms with Gasteiger partial charge in [-0.3, -0.25) is 0 Å². The SMILES string of the molecule is Cc1nc(-c2ccnc(Cl)c2N)sc1C. The van der Waals surface area contributed by atoms with Crippen molar-refractivity contribution in [2.75, 3.05) is 5.73 Å². The van der Waals surface area contributed by atoms with E-state index in [1.54, 1.807) is 17.5 Å². The molecule has 2 aromatic rings. The predicted molar refractivity (Wildman–Crippen MR) is 64.2 cm³/mol. The molecule has 0 unspecified atom stereocenters. The lowest BCUT2D eigenvalue weighted by Gasteiger charge is -2.02. The fourth-order valence-electron chi connectivity index (χ4n) is 1.22. The van der Waals surface area contributed by atoms with Crippen molar-refractivity contribution < 1.29 is 0 Å². The van der Waals surface area contributed by atoms with E-state index < -0.39 is 0 Å². The summed E-state index contributed by atoms with van der Waals surface area (Å²) in [6.45, 7) is 4.02. The molecular weight excluding hydrogens is 230 g/mol. The molecule has 2 rings (SSSR count). The van der Waals surface area contributed by atoms with Crippen LogP contribution in [-0.4, -0.2) is 9.97 Å². The van der Waals surface area contributed by atoms with Crippen LogP contribution in [0.15, 0.2) is 12.3 Å². The first kappa shape index (κ1) is 10.4. The van der Waals surface area contributed by atoms with E-state index in [4.69, 9.17) is 17.3 Å². The second kappa shape index (κ2) is 3.79. The van der Waals surface area contributed by atoms with Crippen LogP contribution in [-0.2, 0) is 0 Å². The average Bonchev–Trinajstić information content (AvgIpc) is 2.51. The molecule has 0 amide bonds. The van der Waals surface area contributed by atoms with Gasteiger partial charge in [-0.1, -0.05) is 11.6 Å². The van der Waals surface area contributed by atoms with Crippen LogP contribution in [0.25, 0.3) is 10.6 Å². The molecule has 3 nitrogen and oxygen atoms in total. The highest BCUT2D eigenvalue weighted by Crippen LogP contribution is 2.33. The van der Waals surface area contributed by atoms with E-state index in [2.05, 4.69) is 9.97 Å². The third kappa shape index (κ3) is 1.82. The van der Waals surface area contributed by atoms with E-state index in [1.165, 1.54) is 4.88 Å². The number of nitrogen functional groups attached to an aromatic ring is 1. The van der Waals surface area contributed by atoms with Crippen LogP contribution in [0, 0.1) is 13.8 Å². The number of hydrogen-bond donors (Lipinski definition) is 1. The van der Waals surface area contributed by atoms with Crippen LogP contribution in [0.2, 0.25) is 5.15 Å². The maximum absolute atomic E-state index is 5.85. The number of anilines is 1. The Morgan fingerprint density at radius 3 is 2.73 bits per heavy atom. The van der Waals surface area contributed by atoms with Gasteiger partial charge in [0.05, 0.1) is 11.4 Å². The molecule has 0 aliphatic carbocycles. The van der Waals surface area contributed by atoms with Crippen LogP contribution >= 0.6 is 22.9 Å². The zero-order valence-corrected chi connectivity index (χ0v) is 9.99. The number of nitrogens with two attached hydrogens (primary N) is 1. The van der Waals surface area contributed by atoms with Gasteiger partial charge in [0.15, 0.2) is 5.15 Å². The van der Waals surface area contributed by atoms with Crippen LogP contribution in [0.5, 0.6) is 0 Å².